The van der Waals surface area contributed by atoms with E-state index in [4.69, 9.17) is 0 Å². The van der Waals surface area contributed by atoms with Crippen LogP contribution in [0.15, 0.2) is 78.2 Å². The molecule has 39 heavy (non-hydrogen) atoms. The number of anilines is 1. The number of imidazole rings is 1. The van der Waals surface area contributed by atoms with Crippen LogP contribution in [0.4, 0.5) is 23.7 Å². The van der Waals surface area contributed by atoms with Crippen LogP contribution in [-0.2, 0) is 16.1 Å². The van der Waals surface area contributed by atoms with Crippen LogP contribution < -0.4 is 5.32 Å². The molecule has 1 aliphatic rings. The molecular formula is C27H19F3N6O3. The molecule has 0 bridgehead atoms. The first kappa shape index (κ1) is 25.5. The van der Waals surface area contributed by atoms with Gasteiger partial charge in [-0.3, -0.25) is 0 Å². The zero-order valence-corrected chi connectivity index (χ0v) is 20.1. The van der Waals surface area contributed by atoms with Crippen molar-refractivity contribution in [1.29, 1.82) is 0 Å². The van der Waals surface area contributed by atoms with Gasteiger partial charge in [0.2, 0.25) is 0 Å². The van der Waals surface area contributed by atoms with E-state index in [9.17, 15) is 22.8 Å². The number of benzene rings is 2. The highest BCUT2D eigenvalue weighted by Crippen LogP contribution is 2.29. The molecule has 0 saturated carbocycles. The number of carbonyl (C=O) groups excluding carboxylic acids is 2. The smallest absolute Gasteiger partial charge is 0.454 e. The maximum absolute atomic E-state index is 13.1. The van der Waals surface area contributed by atoms with Gasteiger partial charge in [0.15, 0.2) is 5.65 Å². The molecule has 2 aromatic heterocycles. The summed E-state index contributed by atoms with van der Waals surface area (Å²) in [4.78, 5) is 28.5. The maximum Gasteiger partial charge on any atom is 0.490 e. The van der Waals surface area contributed by atoms with Gasteiger partial charge in [0.25, 0.3) is 0 Å². The fourth-order valence-electron chi connectivity index (χ4n) is 3.91. The summed E-state index contributed by atoms with van der Waals surface area (Å²) in [5, 5.41) is 12.4. The molecule has 0 spiro atoms. The minimum absolute atomic E-state index is 0.209. The van der Waals surface area contributed by atoms with Gasteiger partial charge in [-0.2, -0.15) is 23.4 Å². The molecule has 9 nitrogen and oxygen atoms in total. The Bertz CT molecular complexity index is 1620. The Kier molecular flexibility index (Phi) is 6.96. The van der Waals surface area contributed by atoms with Crippen molar-refractivity contribution in [3.8, 4) is 11.8 Å². The summed E-state index contributed by atoms with van der Waals surface area (Å²) < 4.78 is 43.9. The van der Waals surface area contributed by atoms with Crippen molar-refractivity contribution in [2.45, 2.75) is 25.2 Å². The van der Waals surface area contributed by atoms with Crippen LogP contribution in [0.25, 0.3) is 5.65 Å². The number of hydrogen-bond donors (Lipinski definition) is 1. The number of carbonyl (C=O) groups is 2. The van der Waals surface area contributed by atoms with Crippen LogP contribution in [0.2, 0.25) is 0 Å². The standard InChI is InChI=1S/C27H19F3N6O3/c28-27(29,30)25(37)39-17-20-8-10-21(15-19(20)9-11-22-16-31-24-7-4-13-32-35(22)24)34-26(38)36-23(12-14-33-36)18-5-2-1-3-6-18/h1-8,10,13-16,23H,12,17H2,(H,34,38). The van der Waals surface area contributed by atoms with Crippen LogP contribution in [-0.4, -0.2) is 44.0 Å². The zero-order chi connectivity index (χ0) is 27.4. The third-order valence-electron chi connectivity index (χ3n) is 5.78. The Balaban J connectivity index is 1.41. The molecule has 0 aliphatic carbocycles. The minimum atomic E-state index is -5.13. The number of hydrazone groups is 1. The highest BCUT2D eigenvalue weighted by atomic mass is 19.4. The van der Waals surface area contributed by atoms with E-state index in [0.29, 0.717) is 23.4 Å². The number of amides is 2. The Hall–Kier alpha value is -5.18. The number of ether oxygens (including phenoxy) is 1. The summed E-state index contributed by atoms with van der Waals surface area (Å²) in [5.41, 5.74) is 2.66. The fraction of sp³-hybridized carbons (Fsp3) is 0.148. The highest BCUT2D eigenvalue weighted by molar-refractivity contribution is 5.91. The third kappa shape index (κ3) is 5.72. The average molecular weight is 532 g/mol. The molecule has 1 aliphatic heterocycles. The van der Waals surface area contributed by atoms with Gasteiger partial charge in [-0.1, -0.05) is 42.3 Å². The Labute approximate surface area is 219 Å². The van der Waals surface area contributed by atoms with E-state index in [-0.39, 0.29) is 17.2 Å². The number of rotatable bonds is 4. The quantitative estimate of drug-likeness (QED) is 0.303. The van der Waals surface area contributed by atoms with Gasteiger partial charge in [0, 0.05) is 35.6 Å². The van der Waals surface area contributed by atoms with Crippen molar-refractivity contribution in [3.63, 3.8) is 0 Å². The molecule has 1 unspecified atom stereocenters. The number of halogens is 3. The number of nitrogens with zero attached hydrogens (tertiary/aromatic N) is 5. The van der Waals surface area contributed by atoms with E-state index in [1.807, 2.05) is 30.3 Å². The molecule has 2 aromatic carbocycles. The lowest BCUT2D eigenvalue weighted by Crippen LogP contribution is -2.31. The number of alkyl halides is 3. The molecule has 1 atom stereocenters. The summed E-state index contributed by atoms with van der Waals surface area (Å²) in [6, 6.07) is 16.5. The van der Waals surface area contributed by atoms with E-state index in [1.165, 1.54) is 33.9 Å². The van der Waals surface area contributed by atoms with Crippen LogP contribution in [0.5, 0.6) is 0 Å². The fourth-order valence-corrected chi connectivity index (χ4v) is 3.91. The second-order valence-electron chi connectivity index (χ2n) is 8.37. The van der Waals surface area contributed by atoms with Gasteiger partial charge in [0.1, 0.15) is 12.3 Å². The van der Waals surface area contributed by atoms with Gasteiger partial charge in [-0.05, 0) is 35.7 Å². The number of esters is 1. The summed E-state index contributed by atoms with van der Waals surface area (Å²) >= 11 is 0. The molecule has 12 heteroatoms. The van der Waals surface area contributed by atoms with E-state index in [0.717, 1.165) is 5.56 Å². The zero-order valence-electron chi connectivity index (χ0n) is 20.1. The van der Waals surface area contributed by atoms with Crippen molar-refractivity contribution in [3.05, 3.63) is 95.4 Å². The Morgan fingerprint density at radius 1 is 1.08 bits per heavy atom. The second-order valence-corrected chi connectivity index (χ2v) is 8.37. The lowest BCUT2D eigenvalue weighted by Gasteiger charge is -2.22. The molecule has 5 rings (SSSR count). The maximum atomic E-state index is 13.1. The topological polar surface area (TPSA) is 101 Å². The molecule has 4 aromatic rings. The number of nitrogens with one attached hydrogen (secondary N) is 1. The molecule has 0 saturated heterocycles. The van der Waals surface area contributed by atoms with Crippen LogP contribution in [0, 0.1) is 11.8 Å². The van der Waals surface area contributed by atoms with E-state index >= 15 is 0 Å². The normalized spacial score (nSPS) is 14.6. The summed E-state index contributed by atoms with van der Waals surface area (Å²) in [7, 11) is 0. The van der Waals surface area contributed by atoms with Gasteiger partial charge < -0.3 is 10.1 Å². The minimum Gasteiger partial charge on any atom is -0.454 e. The van der Waals surface area contributed by atoms with E-state index in [2.05, 4.69) is 37.1 Å². The molecule has 196 valence electrons. The van der Waals surface area contributed by atoms with Crippen molar-refractivity contribution in [1.82, 2.24) is 19.6 Å². The van der Waals surface area contributed by atoms with Crippen molar-refractivity contribution in [2.24, 2.45) is 5.10 Å². The molecule has 0 radical (unpaired) electrons. The largest absolute Gasteiger partial charge is 0.490 e. The number of aromatic nitrogens is 3. The molecular weight excluding hydrogens is 513 g/mol. The third-order valence-corrected chi connectivity index (χ3v) is 5.78. The van der Waals surface area contributed by atoms with Gasteiger partial charge >= 0.3 is 18.2 Å². The first-order valence-corrected chi connectivity index (χ1v) is 11.6. The molecule has 0 fully saturated rings. The summed E-state index contributed by atoms with van der Waals surface area (Å²) in [6.07, 6.45) is 0.121. The first-order chi connectivity index (χ1) is 18.8. The predicted molar refractivity (Wildman–Crippen MR) is 134 cm³/mol. The first-order valence-electron chi connectivity index (χ1n) is 11.6. The molecule has 1 N–H and O–H groups in total. The van der Waals surface area contributed by atoms with E-state index < -0.39 is 24.8 Å². The molecule has 3 heterocycles. The van der Waals surface area contributed by atoms with Crippen LogP contribution in [0.1, 0.15) is 34.8 Å². The summed E-state index contributed by atoms with van der Waals surface area (Å²) in [5.74, 6) is 3.44. The average Bonchev–Trinajstić information content (AvgIpc) is 3.59. The highest BCUT2D eigenvalue weighted by Gasteiger charge is 2.41. The van der Waals surface area contributed by atoms with Gasteiger partial charge in [-0.25, -0.2) is 24.1 Å². The van der Waals surface area contributed by atoms with Crippen molar-refractivity contribution in [2.75, 3.05) is 5.32 Å². The van der Waals surface area contributed by atoms with E-state index in [1.54, 1.807) is 24.5 Å². The number of fused-ring (bicyclic) bond motifs is 1. The lowest BCUT2D eigenvalue weighted by atomic mass is 10.1. The lowest BCUT2D eigenvalue weighted by molar-refractivity contribution is -0.201. The SMILES string of the molecule is O=C(Nc1ccc(COC(=O)C(F)(F)F)c(C#Cc2cnc3cccnn23)c1)N1N=CCC1c1ccccc1. The van der Waals surface area contributed by atoms with Crippen molar-refractivity contribution < 1.29 is 27.5 Å². The summed E-state index contributed by atoms with van der Waals surface area (Å²) in [6.45, 7) is -0.672. The Morgan fingerprint density at radius 3 is 2.69 bits per heavy atom. The predicted octanol–water partition coefficient (Wildman–Crippen LogP) is 4.70. The van der Waals surface area contributed by atoms with Crippen LogP contribution in [0.3, 0.4) is 0 Å². The van der Waals surface area contributed by atoms with Gasteiger partial charge in [-0.15, -0.1) is 0 Å². The Morgan fingerprint density at radius 2 is 1.90 bits per heavy atom. The van der Waals surface area contributed by atoms with Crippen molar-refractivity contribution >= 4 is 29.5 Å². The second kappa shape index (κ2) is 10.7. The number of urea groups is 1. The molecule has 2 amide bonds. The van der Waals surface area contributed by atoms with Crippen LogP contribution >= 0.6 is 0 Å². The van der Waals surface area contributed by atoms with Gasteiger partial charge in [0.05, 0.1) is 12.2 Å². The monoisotopic (exact) mass is 532 g/mol. The number of hydrogen-bond acceptors (Lipinski definition) is 6.